The Bertz CT molecular complexity index is 768. The zero-order valence-corrected chi connectivity index (χ0v) is 17.4. The van der Waals surface area contributed by atoms with Crippen LogP contribution in [0.25, 0.3) is 0 Å². The summed E-state index contributed by atoms with van der Waals surface area (Å²) >= 11 is 0. The lowest BCUT2D eigenvalue weighted by molar-refractivity contribution is -0.0817. The number of esters is 1. The SMILES string of the molecule is C[C@]12CCCC[C@@H]1C=C[C@@H]1[C@@H]2CC[C@]2(C)[C@@H](OC(=O)c3ccccc3)CC[C@@H]12. The van der Waals surface area contributed by atoms with Crippen LogP contribution in [0.3, 0.4) is 0 Å². The minimum Gasteiger partial charge on any atom is -0.458 e. The lowest BCUT2D eigenvalue weighted by atomic mass is 9.47. The molecule has 7 atom stereocenters. The minimum absolute atomic E-state index is 0.0661. The van der Waals surface area contributed by atoms with E-state index in [1.807, 2.05) is 30.3 Å². The first-order valence-electron chi connectivity index (χ1n) is 11.5. The van der Waals surface area contributed by atoms with Crippen LogP contribution in [0, 0.1) is 34.5 Å². The van der Waals surface area contributed by atoms with Crippen molar-refractivity contribution >= 4 is 5.97 Å². The van der Waals surface area contributed by atoms with E-state index in [9.17, 15) is 4.79 Å². The van der Waals surface area contributed by atoms with E-state index in [1.165, 1.54) is 44.9 Å². The number of fused-ring (bicyclic) bond motifs is 5. The van der Waals surface area contributed by atoms with E-state index in [4.69, 9.17) is 4.74 Å². The highest BCUT2D eigenvalue weighted by Crippen LogP contribution is 2.64. The van der Waals surface area contributed by atoms with Crippen molar-refractivity contribution < 1.29 is 9.53 Å². The highest BCUT2D eigenvalue weighted by atomic mass is 16.5. The summed E-state index contributed by atoms with van der Waals surface area (Å²) in [6.07, 6.45) is 15.6. The zero-order chi connectivity index (χ0) is 19.4. The van der Waals surface area contributed by atoms with Crippen LogP contribution in [0.5, 0.6) is 0 Å². The molecule has 0 bridgehead atoms. The summed E-state index contributed by atoms with van der Waals surface area (Å²) in [4.78, 5) is 12.7. The second-order valence-electron chi connectivity index (χ2n) is 10.4. The standard InChI is InChI=1S/C26H34O2/c1-25-16-7-6-10-19(25)11-12-20-21-13-14-23(26(21,2)17-15-22(20)25)28-24(27)18-8-4-3-5-9-18/h3-5,8-9,11-12,19-23H,6-7,10,13-17H2,1-2H3/t19-,20+,21+,22+,23+,25+,26+/m1/s1. The lowest BCUT2D eigenvalue weighted by Gasteiger charge is -2.58. The van der Waals surface area contributed by atoms with Gasteiger partial charge in [-0.15, -0.1) is 0 Å². The summed E-state index contributed by atoms with van der Waals surface area (Å²) in [5.74, 6) is 2.81. The van der Waals surface area contributed by atoms with Crippen molar-refractivity contribution in [1.82, 2.24) is 0 Å². The van der Waals surface area contributed by atoms with Crippen LogP contribution in [0.15, 0.2) is 42.5 Å². The molecule has 0 aromatic heterocycles. The molecule has 3 saturated carbocycles. The molecule has 4 aliphatic carbocycles. The number of hydrogen-bond acceptors (Lipinski definition) is 2. The van der Waals surface area contributed by atoms with Crippen LogP contribution in [0.2, 0.25) is 0 Å². The van der Waals surface area contributed by atoms with Crippen molar-refractivity contribution in [2.24, 2.45) is 34.5 Å². The van der Waals surface area contributed by atoms with E-state index in [-0.39, 0.29) is 17.5 Å². The molecule has 0 saturated heterocycles. The number of carbonyl (C=O) groups is 1. The summed E-state index contributed by atoms with van der Waals surface area (Å²) < 4.78 is 6.12. The molecule has 0 unspecified atom stereocenters. The maximum absolute atomic E-state index is 12.7. The fourth-order valence-electron chi connectivity index (χ4n) is 7.57. The molecule has 5 rings (SSSR count). The van der Waals surface area contributed by atoms with Crippen LogP contribution in [0.1, 0.15) is 75.6 Å². The third kappa shape index (κ3) is 2.70. The Morgan fingerprint density at radius 2 is 1.68 bits per heavy atom. The molecule has 0 aliphatic heterocycles. The fraction of sp³-hybridized carbons (Fsp3) is 0.654. The first-order chi connectivity index (χ1) is 13.5. The van der Waals surface area contributed by atoms with E-state index < -0.39 is 0 Å². The number of rotatable bonds is 2. The number of carbonyl (C=O) groups excluding carboxylic acids is 1. The summed E-state index contributed by atoms with van der Waals surface area (Å²) in [7, 11) is 0. The van der Waals surface area contributed by atoms with Gasteiger partial charge in [-0.1, -0.05) is 57.0 Å². The van der Waals surface area contributed by atoms with E-state index in [0.29, 0.717) is 22.8 Å². The van der Waals surface area contributed by atoms with Gasteiger partial charge in [0.1, 0.15) is 6.10 Å². The van der Waals surface area contributed by atoms with Crippen LogP contribution in [-0.4, -0.2) is 12.1 Å². The van der Waals surface area contributed by atoms with Gasteiger partial charge in [-0.2, -0.15) is 0 Å². The van der Waals surface area contributed by atoms with Crippen molar-refractivity contribution in [2.75, 3.05) is 0 Å². The molecule has 0 radical (unpaired) electrons. The predicted molar refractivity (Wildman–Crippen MR) is 112 cm³/mol. The Labute approximate surface area is 169 Å². The van der Waals surface area contributed by atoms with Crippen molar-refractivity contribution in [3.05, 3.63) is 48.0 Å². The van der Waals surface area contributed by atoms with Gasteiger partial charge in [-0.25, -0.2) is 4.79 Å². The van der Waals surface area contributed by atoms with Crippen molar-refractivity contribution in [1.29, 1.82) is 0 Å². The third-order valence-electron chi connectivity index (χ3n) is 9.24. The predicted octanol–water partition coefficient (Wildman–Crippen LogP) is 6.42. The first-order valence-corrected chi connectivity index (χ1v) is 11.5. The molecule has 2 nitrogen and oxygen atoms in total. The maximum atomic E-state index is 12.7. The van der Waals surface area contributed by atoms with Crippen molar-refractivity contribution in [3.8, 4) is 0 Å². The Balaban J connectivity index is 1.37. The molecule has 0 amide bonds. The average Bonchev–Trinajstić information content (AvgIpc) is 3.04. The Kier molecular flexibility index (Phi) is 4.45. The van der Waals surface area contributed by atoms with Gasteiger partial charge >= 0.3 is 5.97 Å². The van der Waals surface area contributed by atoms with E-state index in [1.54, 1.807) is 0 Å². The summed E-state index contributed by atoms with van der Waals surface area (Å²) in [6, 6.07) is 9.49. The Morgan fingerprint density at radius 1 is 0.893 bits per heavy atom. The number of allylic oxidation sites excluding steroid dienone is 2. The fourth-order valence-corrected chi connectivity index (χ4v) is 7.57. The molecule has 0 spiro atoms. The van der Waals surface area contributed by atoms with E-state index in [0.717, 1.165) is 18.3 Å². The molecule has 150 valence electrons. The largest absolute Gasteiger partial charge is 0.458 e. The van der Waals surface area contributed by atoms with E-state index in [2.05, 4.69) is 26.0 Å². The van der Waals surface area contributed by atoms with Gasteiger partial charge in [0.2, 0.25) is 0 Å². The van der Waals surface area contributed by atoms with Gasteiger partial charge in [0.15, 0.2) is 0 Å². The number of benzene rings is 1. The molecule has 0 N–H and O–H groups in total. The molecule has 1 aromatic rings. The molecule has 4 aliphatic rings. The minimum atomic E-state index is -0.145. The highest BCUT2D eigenvalue weighted by Gasteiger charge is 2.59. The molecular formula is C26H34O2. The Morgan fingerprint density at radius 3 is 2.50 bits per heavy atom. The topological polar surface area (TPSA) is 26.3 Å². The number of hydrogen-bond donors (Lipinski definition) is 0. The van der Waals surface area contributed by atoms with Crippen molar-refractivity contribution in [2.45, 2.75) is 71.3 Å². The van der Waals surface area contributed by atoms with Gasteiger partial charge in [-0.3, -0.25) is 0 Å². The highest BCUT2D eigenvalue weighted by molar-refractivity contribution is 5.89. The molecule has 3 fully saturated rings. The van der Waals surface area contributed by atoms with Gasteiger partial charge in [0.25, 0.3) is 0 Å². The molecular weight excluding hydrogens is 344 g/mol. The molecule has 28 heavy (non-hydrogen) atoms. The van der Waals surface area contributed by atoms with Gasteiger partial charge in [0, 0.05) is 5.41 Å². The number of ether oxygens (including phenoxy) is 1. The smallest absolute Gasteiger partial charge is 0.338 e. The summed E-state index contributed by atoms with van der Waals surface area (Å²) in [5.41, 5.74) is 1.31. The van der Waals surface area contributed by atoms with Crippen LogP contribution < -0.4 is 0 Å². The summed E-state index contributed by atoms with van der Waals surface area (Å²) in [5, 5.41) is 0. The van der Waals surface area contributed by atoms with E-state index >= 15 is 0 Å². The normalized spacial score (nSPS) is 44.3. The lowest BCUT2D eigenvalue weighted by Crippen LogP contribution is -2.52. The zero-order valence-electron chi connectivity index (χ0n) is 17.4. The van der Waals surface area contributed by atoms with Gasteiger partial charge < -0.3 is 4.74 Å². The quantitative estimate of drug-likeness (QED) is 0.438. The second kappa shape index (κ2) is 6.75. The summed E-state index contributed by atoms with van der Waals surface area (Å²) in [6.45, 7) is 5.00. The van der Waals surface area contributed by atoms with Crippen LogP contribution in [-0.2, 0) is 4.74 Å². The molecule has 0 heterocycles. The monoisotopic (exact) mass is 378 g/mol. The van der Waals surface area contributed by atoms with Crippen molar-refractivity contribution in [3.63, 3.8) is 0 Å². The maximum Gasteiger partial charge on any atom is 0.338 e. The molecule has 2 heteroatoms. The van der Waals surface area contributed by atoms with Gasteiger partial charge in [0.05, 0.1) is 5.56 Å². The Hall–Kier alpha value is -1.57. The second-order valence-corrected chi connectivity index (χ2v) is 10.4. The first kappa shape index (κ1) is 18.5. The van der Waals surface area contributed by atoms with Crippen LogP contribution in [0.4, 0.5) is 0 Å². The molecule has 1 aromatic carbocycles. The third-order valence-corrected chi connectivity index (χ3v) is 9.24. The van der Waals surface area contributed by atoms with Gasteiger partial charge in [-0.05, 0) is 79.7 Å². The van der Waals surface area contributed by atoms with Crippen LogP contribution >= 0.6 is 0 Å². The average molecular weight is 379 g/mol.